The zero-order valence-electron chi connectivity index (χ0n) is 15.4. The minimum Gasteiger partial charge on any atom is -0.486 e. The summed E-state index contributed by atoms with van der Waals surface area (Å²) >= 11 is 0. The maximum atomic E-state index is 11.3. The fourth-order valence-corrected chi connectivity index (χ4v) is 3.70. The predicted molar refractivity (Wildman–Crippen MR) is 104 cm³/mol. The van der Waals surface area contributed by atoms with E-state index >= 15 is 0 Å². The molecule has 0 spiro atoms. The van der Waals surface area contributed by atoms with Gasteiger partial charge in [-0.25, -0.2) is 4.79 Å². The van der Waals surface area contributed by atoms with Crippen LogP contribution in [0, 0.1) is 0 Å². The molecule has 1 saturated heterocycles. The SMILES string of the molecule is CC1CC(Oc2ccc(N3CCOCC3)cc2)c2cc(C(=O)O)ccc2N1. The Balaban J connectivity index is 1.54. The highest BCUT2D eigenvalue weighted by Crippen LogP contribution is 2.37. The van der Waals surface area contributed by atoms with Crippen molar-refractivity contribution in [2.24, 2.45) is 0 Å². The number of carboxylic acid groups (broad SMARTS) is 1. The summed E-state index contributed by atoms with van der Waals surface area (Å²) in [6.45, 7) is 5.42. The molecule has 4 rings (SSSR count). The van der Waals surface area contributed by atoms with E-state index in [1.54, 1.807) is 12.1 Å². The van der Waals surface area contributed by atoms with Gasteiger partial charge in [-0.2, -0.15) is 0 Å². The number of morpholine rings is 1. The highest BCUT2D eigenvalue weighted by molar-refractivity contribution is 5.88. The van der Waals surface area contributed by atoms with Crippen LogP contribution in [-0.4, -0.2) is 43.4 Å². The molecule has 6 heteroatoms. The van der Waals surface area contributed by atoms with Crippen molar-refractivity contribution in [2.75, 3.05) is 36.5 Å². The Bertz CT molecular complexity index is 815. The molecule has 2 aromatic rings. The van der Waals surface area contributed by atoms with Crippen LogP contribution in [0.5, 0.6) is 5.75 Å². The number of rotatable bonds is 4. The van der Waals surface area contributed by atoms with Crippen LogP contribution in [0.3, 0.4) is 0 Å². The van der Waals surface area contributed by atoms with Crippen LogP contribution >= 0.6 is 0 Å². The van der Waals surface area contributed by atoms with E-state index in [9.17, 15) is 9.90 Å². The zero-order chi connectivity index (χ0) is 18.8. The molecular weight excluding hydrogens is 344 g/mol. The molecule has 1 fully saturated rings. The highest BCUT2D eigenvalue weighted by atomic mass is 16.5. The van der Waals surface area contributed by atoms with Crippen molar-refractivity contribution in [3.63, 3.8) is 0 Å². The third-order valence-corrected chi connectivity index (χ3v) is 5.11. The molecule has 142 valence electrons. The van der Waals surface area contributed by atoms with Gasteiger partial charge < -0.3 is 24.8 Å². The number of nitrogens with zero attached hydrogens (tertiary/aromatic N) is 1. The fraction of sp³-hybridized carbons (Fsp3) is 0.381. The second-order valence-electron chi connectivity index (χ2n) is 7.09. The largest absolute Gasteiger partial charge is 0.486 e. The lowest BCUT2D eigenvalue weighted by molar-refractivity contribution is 0.0696. The third-order valence-electron chi connectivity index (χ3n) is 5.11. The Labute approximate surface area is 158 Å². The molecule has 2 unspecified atom stereocenters. The minimum absolute atomic E-state index is 0.176. The first-order chi connectivity index (χ1) is 13.1. The molecule has 0 amide bonds. The first kappa shape index (κ1) is 17.7. The Morgan fingerprint density at radius 1 is 1.19 bits per heavy atom. The molecule has 0 aliphatic carbocycles. The Morgan fingerprint density at radius 3 is 2.63 bits per heavy atom. The minimum atomic E-state index is -0.926. The summed E-state index contributed by atoms with van der Waals surface area (Å²) in [5.74, 6) is -0.136. The van der Waals surface area contributed by atoms with E-state index in [2.05, 4.69) is 29.3 Å². The first-order valence-corrected chi connectivity index (χ1v) is 9.33. The molecule has 0 bridgehead atoms. The standard InChI is InChI=1S/C21H24N2O4/c1-14-12-20(18-13-15(21(24)25)2-7-19(18)22-14)27-17-5-3-16(4-6-17)23-8-10-26-11-9-23/h2-7,13-14,20,22H,8-12H2,1H3,(H,24,25). The number of hydrogen-bond acceptors (Lipinski definition) is 5. The average molecular weight is 368 g/mol. The van der Waals surface area contributed by atoms with Crippen molar-refractivity contribution in [2.45, 2.75) is 25.5 Å². The maximum Gasteiger partial charge on any atom is 0.335 e. The molecule has 2 heterocycles. The van der Waals surface area contributed by atoms with E-state index < -0.39 is 5.97 Å². The predicted octanol–water partition coefficient (Wildman–Crippen LogP) is 3.55. The third kappa shape index (κ3) is 3.85. The molecule has 2 atom stereocenters. The summed E-state index contributed by atoms with van der Waals surface area (Å²) in [6.07, 6.45) is 0.603. The summed E-state index contributed by atoms with van der Waals surface area (Å²) in [5, 5.41) is 12.7. The molecule has 6 nitrogen and oxygen atoms in total. The second-order valence-corrected chi connectivity index (χ2v) is 7.09. The fourth-order valence-electron chi connectivity index (χ4n) is 3.70. The number of fused-ring (bicyclic) bond motifs is 1. The smallest absolute Gasteiger partial charge is 0.335 e. The van der Waals surface area contributed by atoms with Crippen molar-refractivity contribution in [1.82, 2.24) is 0 Å². The highest BCUT2D eigenvalue weighted by Gasteiger charge is 2.27. The Kier molecular flexibility index (Phi) is 4.90. The van der Waals surface area contributed by atoms with Gasteiger partial charge >= 0.3 is 5.97 Å². The lowest BCUT2D eigenvalue weighted by atomic mass is 9.94. The number of hydrogen-bond donors (Lipinski definition) is 2. The van der Waals surface area contributed by atoms with Crippen LogP contribution in [-0.2, 0) is 4.74 Å². The monoisotopic (exact) mass is 368 g/mol. The van der Waals surface area contributed by atoms with E-state index in [-0.39, 0.29) is 17.7 Å². The van der Waals surface area contributed by atoms with E-state index in [1.165, 1.54) is 0 Å². The van der Waals surface area contributed by atoms with Gasteiger partial charge in [-0.3, -0.25) is 0 Å². The lowest BCUT2D eigenvalue weighted by Gasteiger charge is -2.32. The first-order valence-electron chi connectivity index (χ1n) is 9.33. The van der Waals surface area contributed by atoms with Gasteiger partial charge in [-0.1, -0.05) is 0 Å². The maximum absolute atomic E-state index is 11.3. The van der Waals surface area contributed by atoms with Gasteiger partial charge in [0, 0.05) is 42.5 Å². The van der Waals surface area contributed by atoms with Crippen molar-refractivity contribution >= 4 is 17.3 Å². The van der Waals surface area contributed by atoms with Gasteiger partial charge in [0.05, 0.1) is 18.8 Å². The lowest BCUT2D eigenvalue weighted by Crippen LogP contribution is -2.36. The van der Waals surface area contributed by atoms with Gasteiger partial charge in [0.25, 0.3) is 0 Å². The van der Waals surface area contributed by atoms with Gasteiger partial charge in [0.2, 0.25) is 0 Å². The van der Waals surface area contributed by atoms with E-state index in [0.29, 0.717) is 0 Å². The summed E-state index contributed by atoms with van der Waals surface area (Å²) in [5.41, 5.74) is 3.28. The van der Waals surface area contributed by atoms with Crippen molar-refractivity contribution in [3.8, 4) is 5.75 Å². The van der Waals surface area contributed by atoms with E-state index in [1.807, 2.05) is 18.2 Å². The number of carboxylic acids is 1. The number of nitrogens with one attached hydrogen (secondary N) is 1. The van der Waals surface area contributed by atoms with Crippen molar-refractivity contribution < 1.29 is 19.4 Å². The molecule has 0 radical (unpaired) electrons. The summed E-state index contributed by atoms with van der Waals surface area (Å²) < 4.78 is 11.7. The summed E-state index contributed by atoms with van der Waals surface area (Å²) in [6, 6.07) is 13.5. The molecular formula is C21H24N2O4. The Morgan fingerprint density at radius 2 is 1.93 bits per heavy atom. The number of anilines is 2. The summed E-state index contributed by atoms with van der Waals surface area (Å²) in [7, 11) is 0. The number of ether oxygens (including phenoxy) is 2. The number of benzene rings is 2. The van der Waals surface area contributed by atoms with E-state index in [0.717, 1.165) is 55.4 Å². The molecule has 0 aromatic heterocycles. The van der Waals surface area contributed by atoms with Crippen LogP contribution in [0.2, 0.25) is 0 Å². The normalized spacial score (nSPS) is 21.9. The van der Waals surface area contributed by atoms with Gasteiger partial charge in [0.1, 0.15) is 11.9 Å². The quantitative estimate of drug-likeness (QED) is 0.860. The average Bonchev–Trinajstić information content (AvgIpc) is 2.69. The van der Waals surface area contributed by atoms with Crippen LogP contribution in [0.1, 0.15) is 35.4 Å². The van der Waals surface area contributed by atoms with Gasteiger partial charge in [0.15, 0.2) is 0 Å². The van der Waals surface area contributed by atoms with Crippen LogP contribution in [0.25, 0.3) is 0 Å². The summed E-state index contributed by atoms with van der Waals surface area (Å²) in [4.78, 5) is 13.6. The van der Waals surface area contributed by atoms with Gasteiger partial charge in [-0.15, -0.1) is 0 Å². The molecule has 27 heavy (non-hydrogen) atoms. The number of carbonyl (C=O) groups is 1. The molecule has 2 aliphatic heterocycles. The van der Waals surface area contributed by atoms with Crippen LogP contribution < -0.4 is 15.0 Å². The molecule has 0 saturated carbocycles. The molecule has 2 aromatic carbocycles. The molecule has 2 N–H and O–H groups in total. The molecule has 2 aliphatic rings. The van der Waals surface area contributed by atoms with Crippen LogP contribution in [0.15, 0.2) is 42.5 Å². The second kappa shape index (κ2) is 7.48. The van der Waals surface area contributed by atoms with Gasteiger partial charge in [-0.05, 0) is 49.4 Å². The number of aromatic carboxylic acids is 1. The topological polar surface area (TPSA) is 71.0 Å². The Hall–Kier alpha value is -2.73. The van der Waals surface area contributed by atoms with Crippen LogP contribution in [0.4, 0.5) is 11.4 Å². The van der Waals surface area contributed by atoms with Crippen molar-refractivity contribution in [3.05, 3.63) is 53.6 Å². The van der Waals surface area contributed by atoms with E-state index in [4.69, 9.17) is 9.47 Å². The van der Waals surface area contributed by atoms with Crippen molar-refractivity contribution in [1.29, 1.82) is 0 Å². The zero-order valence-corrected chi connectivity index (χ0v) is 15.4.